The molecule has 0 saturated carbocycles. The minimum absolute atomic E-state index is 0.507. The standard InChI is InChI=1S/C32H65ClO8/c1-2-3-4-5-6-7-8-9-10-11-12-13-14-15-17-34-19-21-36-23-25-38-27-29-40-31-32-41-30-28-39-26-24-37-22-20-35-18-16-33/h2-32H2,1H3. The van der Waals surface area contributed by atoms with E-state index in [0.717, 1.165) is 13.0 Å². The van der Waals surface area contributed by atoms with Crippen LogP contribution in [0, 0.1) is 0 Å². The summed E-state index contributed by atoms with van der Waals surface area (Å²) in [7, 11) is 0. The molecule has 248 valence electrons. The van der Waals surface area contributed by atoms with Crippen molar-refractivity contribution in [3.63, 3.8) is 0 Å². The van der Waals surface area contributed by atoms with Gasteiger partial charge >= 0.3 is 0 Å². The molecule has 0 atom stereocenters. The molecule has 0 aliphatic rings. The molecule has 0 aromatic carbocycles. The van der Waals surface area contributed by atoms with Crippen LogP contribution in [0.2, 0.25) is 0 Å². The van der Waals surface area contributed by atoms with Crippen molar-refractivity contribution in [3.05, 3.63) is 0 Å². The quantitative estimate of drug-likeness (QED) is 0.0554. The maximum Gasteiger partial charge on any atom is 0.0701 e. The zero-order valence-electron chi connectivity index (χ0n) is 26.6. The first kappa shape index (κ1) is 41.0. The molecule has 0 heterocycles. The number of halogens is 1. The molecule has 0 aromatic heterocycles. The summed E-state index contributed by atoms with van der Waals surface area (Å²) >= 11 is 5.51. The van der Waals surface area contributed by atoms with Crippen LogP contribution >= 0.6 is 11.6 Å². The molecular weight excluding hydrogens is 548 g/mol. The fourth-order valence-electron chi connectivity index (χ4n) is 4.09. The molecule has 0 N–H and O–H groups in total. The number of hydrogen-bond acceptors (Lipinski definition) is 8. The Labute approximate surface area is 257 Å². The van der Waals surface area contributed by atoms with Gasteiger partial charge in [-0.25, -0.2) is 0 Å². The fourth-order valence-corrected chi connectivity index (χ4v) is 4.20. The Kier molecular flexibility index (Phi) is 39.9. The van der Waals surface area contributed by atoms with Crippen LogP contribution in [0.4, 0.5) is 0 Å². The Balaban J connectivity index is 3.02. The minimum atomic E-state index is 0.507. The fraction of sp³-hybridized carbons (Fsp3) is 1.00. The van der Waals surface area contributed by atoms with Gasteiger partial charge in [0.05, 0.1) is 99.1 Å². The Morgan fingerprint density at radius 2 is 0.488 bits per heavy atom. The molecule has 0 fully saturated rings. The van der Waals surface area contributed by atoms with Gasteiger partial charge in [0.25, 0.3) is 0 Å². The first-order valence-electron chi connectivity index (χ1n) is 16.6. The highest BCUT2D eigenvalue weighted by atomic mass is 35.5. The second kappa shape index (κ2) is 40.0. The third-order valence-electron chi connectivity index (χ3n) is 6.47. The van der Waals surface area contributed by atoms with Gasteiger partial charge in [-0.05, 0) is 6.42 Å². The van der Waals surface area contributed by atoms with Gasteiger partial charge < -0.3 is 37.9 Å². The summed E-state index contributed by atoms with van der Waals surface area (Å²) in [6.07, 6.45) is 19.3. The van der Waals surface area contributed by atoms with Crippen LogP contribution < -0.4 is 0 Å². The summed E-state index contributed by atoms with van der Waals surface area (Å²) in [5, 5.41) is 0. The number of rotatable bonds is 38. The second-order valence-electron chi connectivity index (χ2n) is 10.2. The number of ether oxygens (including phenoxy) is 8. The Hall–Kier alpha value is -0.0300. The van der Waals surface area contributed by atoms with Crippen molar-refractivity contribution >= 4 is 11.6 Å². The molecule has 0 spiro atoms. The molecule has 0 saturated heterocycles. The van der Waals surface area contributed by atoms with E-state index in [4.69, 9.17) is 49.5 Å². The van der Waals surface area contributed by atoms with E-state index in [0.29, 0.717) is 105 Å². The lowest BCUT2D eigenvalue weighted by Gasteiger charge is -2.08. The predicted molar refractivity (Wildman–Crippen MR) is 168 cm³/mol. The number of hydrogen-bond donors (Lipinski definition) is 0. The van der Waals surface area contributed by atoms with Crippen molar-refractivity contribution in [1.29, 1.82) is 0 Å². The normalized spacial score (nSPS) is 11.6. The van der Waals surface area contributed by atoms with Gasteiger partial charge in [0.15, 0.2) is 0 Å². The molecule has 0 aliphatic heterocycles. The van der Waals surface area contributed by atoms with Crippen molar-refractivity contribution in [3.8, 4) is 0 Å². The van der Waals surface area contributed by atoms with Crippen molar-refractivity contribution in [2.45, 2.75) is 96.8 Å². The van der Waals surface area contributed by atoms with Crippen molar-refractivity contribution < 1.29 is 37.9 Å². The molecule has 8 nitrogen and oxygen atoms in total. The second-order valence-corrected chi connectivity index (χ2v) is 10.6. The number of unbranched alkanes of at least 4 members (excludes halogenated alkanes) is 13. The van der Waals surface area contributed by atoms with E-state index < -0.39 is 0 Å². The van der Waals surface area contributed by atoms with Gasteiger partial charge in [-0.15, -0.1) is 11.6 Å². The van der Waals surface area contributed by atoms with E-state index >= 15 is 0 Å². The van der Waals surface area contributed by atoms with Gasteiger partial charge in [0, 0.05) is 12.5 Å². The molecule has 0 amide bonds. The highest BCUT2D eigenvalue weighted by Crippen LogP contribution is 2.12. The zero-order valence-corrected chi connectivity index (χ0v) is 27.3. The van der Waals surface area contributed by atoms with Crippen LogP contribution in [0.15, 0.2) is 0 Å². The molecule has 0 aliphatic carbocycles. The van der Waals surface area contributed by atoms with Gasteiger partial charge in [-0.2, -0.15) is 0 Å². The van der Waals surface area contributed by atoms with Gasteiger partial charge in [0.1, 0.15) is 0 Å². The summed E-state index contributed by atoms with van der Waals surface area (Å²) in [6, 6.07) is 0. The lowest BCUT2D eigenvalue weighted by molar-refractivity contribution is -0.0228. The van der Waals surface area contributed by atoms with E-state index in [1.165, 1.54) is 83.5 Å². The predicted octanol–water partition coefficient (Wildman–Crippen LogP) is 6.84. The van der Waals surface area contributed by atoms with Gasteiger partial charge in [0.2, 0.25) is 0 Å². The third-order valence-corrected chi connectivity index (χ3v) is 6.62. The molecule has 0 rings (SSSR count). The van der Waals surface area contributed by atoms with Crippen molar-refractivity contribution in [2.75, 3.05) is 112 Å². The van der Waals surface area contributed by atoms with E-state index in [1.807, 2.05) is 0 Å². The molecule has 9 heteroatoms. The SMILES string of the molecule is CCCCCCCCCCCCCCCCOCCOCCOCCOCCOCCOCCOCCOCCCl. The smallest absolute Gasteiger partial charge is 0.0701 e. The summed E-state index contributed by atoms with van der Waals surface area (Å²) < 4.78 is 43.7. The molecule has 0 unspecified atom stereocenters. The van der Waals surface area contributed by atoms with E-state index in [1.54, 1.807) is 0 Å². The Morgan fingerprint density at radius 1 is 0.268 bits per heavy atom. The summed E-state index contributed by atoms with van der Waals surface area (Å²) in [6.45, 7) is 11.6. The molecule has 0 aromatic rings. The molecule has 0 radical (unpaired) electrons. The molecule has 0 bridgehead atoms. The molecular formula is C32H65ClO8. The maximum absolute atomic E-state index is 5.67. The van der Waals surface area contributed by atoms with Crippen LogP contribution in [0.5, 0.6) is 0 Å². The van der Waals surface area contributed by atoms with Crippen LogP contribution in [-0.2, 0) is 37.9 Å². The zero-order chi connectivity index (χ0) is 29.6. The summed E-state index contributed by atoms with van der Waals surface area (Å²) in [4.78, 5) is 0. The first-order chi connectivity index (χ1) is 20.4. The van der Waals surface area contributed by atoms with Crippen LogP contribution in [0.1, 0.15) is 96.8 Å². The van der Waals surface area contributed by atoms with Crippen LogP contribution in [0.25, 0.3) is 0 Å². The van der Waals surface area contributed by atoms with Crippen molar-refractivity contribution in [2.24, 2.45) is 0 Å². The van der Waals surface area contributed by atoms with E-state index in [-0.39, 0.29) is 0 Å². The minimum Gasteiger partial charge on any atom is -0.379 e. The molecule has 41 heavy (non-hydrogen) atoms. The summed E-state index contributed by atoms with van der Waals surface area (Å²) in [5.41, 5.74) is 0. The van der Waals surface area contributed by atoms with E-state index in [2.05, 4.69) is 6.92 Å². The van der Waals surface area contributed by atoms with Crippen molar-refractivity contribution in [1.82, 2.24) is 0 Å². The highest BCUT2D eigenvalue weighted by Gasteiger charge is 1.97. The maximum atomic E-state index is 5.67. The summed E-state index contributed by atoms with van der Waals surface area (Å²) in [5.74, 6) is 0.507. The lowest BCUT2D eigenvalue weighted by atomic mass is 10.0. The van der Waals surface area contributed by atoms with E-state index in [9.17, 15) is 0 Å². The average Bonchev–Trinajstić information content (AvgIpc) is 2.98. The lowest BCUT2D eigenvalue weighted by Crippen LogP contribution is -2.15. The first-order valence-corrected chi connectivity index (χ1v) is 17.1. The van der Waals surface area contributed by atoms with Crippen LogP contribution in [0.3, 0.4) is 0 Å². The third kappa shape index (κ3) is 40.0. The Bertz CT molecular complexity index is 410. The van der Waals surface area contributed by atoms with Crippen LogP contribution in [-0.4, -0.2) is 112 Å². The topological polar surface area (TPSA) is 73.8 Å². The largest absolute Gasteiger partial charge is 0.379 e. The average molecular weight is 613 g/mol. The number of alkyl halides is 1. The Morgan fingerprint density at radius 3 is 0.756 bits per heavy atom. The monoisotopic (exact) mass is 612 g/mol. The van der Waals surface area contributed by atoms with Gasteiger partial charge in [-0.1, -0.05) is 90.4 Å². The highest BCUT2D eigenvalue weighted by molar-refractivity contribution is 6.17. The van der Waals surface area contributed by atoms with Gasteiger partial charge in [-0.3, -0.25) is 0 Å².